The third-order valence-corrected chi connectivity index (χ3v) is 5.87. The average Bonchev–Trinajstić information content (AvgIpc) is 3.19. The Bertz CT molecular complexity index is 843. The number of likely N-dealkylation sites (tertiary alicyclic amines) is 2. The lowest BCUT2D eigenvalue weighted by Crippen LogP contribution is -2.50. The number of hydrogen-bond acceptors (Lipinski definition) is 3. The number of imidazole rings is 1. The maximum absolute atomic E-state index is 13.3. The molecule has 6 heteroatoms. The number of amides is 2. The van der Waals surface area contributed by atoms with Crippen LogP contribution in [0.2, 0.25) is 0 Å². The van der Waals surface area contributed by atoms with Gasteiger partial charge in [0.05, 0.1) is 12.1 Å². The first kappa shape index (κ1) is 17.1. The summed E-state index contributed by atoms with van der Waals surface area (Å²) in [4.78, 5) is 33.9. The second kappa shape index (κ2) is 6.74. The molecule has 2 aliphatic rings. The Morgan fingerprint density at radius 3 is 2.65 bits per heavy atom. The summed E-state index contributed by atoms with van der Waals surface area (Å²) in [6.45, 7) is 5.14. The van der Waals surface area contributed by atoms with Gasteiger partial charge in [-0.05, 0) is 37.8 Å². The van der Waals surface area contributed by atoms with Gasteiger partial charge in [0.2, 0.25) is 5.91 Å². The van der Waals surface area contributed by atoms with Crippen molar-refractivity contribution in [2.24, 2.45) is 0 Å². The topological polar surface area (TPSA) is 57.9 Å². The number of carbonyl (C=O) groups is 2. The Kier molecular flexibility index (Phi) is 4.42. The number of rotatable bonds is 1. The molecule has 2 amide bonds. The summed E-state index contributed by atoms with van der Waals surface area (Å²) in [6, 6.07) is 4.23. The van der Waals surface area contributed by atoms with Crippen LogP contribution in [-0.2, 0) is 4.79 Å². The smallest absolute Gasteiger partial charge is 0.274 e. The van der Waals surface area contributed by atoms with Crippen LogP contribution < -0.4 is 0 Å². The molecule has 0 N–H and O–H groups in total. The standard InChI is InChI=1S/C20H26N4O2/c1-14-7-6-10-22-13-16(21-19(14)22)20(26)24-11-5-3-4-8-17-18(24)9-12-23(17)15(2)25/h6-7,10,13,17-18H,3-5,8-9,11-12H2,1-2H3/t17-,18+/m1/s1. The second-order valence-electron chi connectivity index (χ2n) is 7.53. The van der Waals surface area contributed by atoms with Crippen LogP contribution in [0.4, 0.5) is 0 Å². The zero-order valence-corrected chi connectivity index (χ0v) is 15.5. The van der Waals surface area contributed by atoms with Gasteiger partial charge in [0, 0.05) is 32.4 Å². The molecule has 0 aromatic carbocycles. The van der Waals surface area contributed by atoms with Gasteiger partial charge >= 0.3 is 0 Å². The van der Waals surface area contributed by atoms with Gasteiger partial charge in [-0.2, -0.15) is 0 Å². The van der Waals surface area contributed by atoms with Gasteiger partial charge in [0.1, 0.15) is 11.3 Å². The van der Waals surface area contributed by atoms with Crippen molar-refractivity contribution in [2.75, 3.05) is 13.1 Å². The van der Waals surface area contributed by atoms with E-state index in [1.165, 1.54) is 0 Å². The molecule has 4 heterocycles. The summed E-state index contributed by atoms with van der Waals surface area (Å²) < 4.78 is 1.92. The molecule has 0 saturated carbocycles. The van der Waals surface area contributed by atoms with Crippen LogP contribution in [0.15, 0.2) is 24.5 Å². The number of carbonyl (C=O) groups excluding carboxylic acids is 2. The Labute approximate surface area is 153 Å². The predicted molar refractivity (Wildman–Crippen MR) is 99.0 cm³/mol. The van der Waals surface area contributed by atoms with E-state index in [-0.39, 0.29) is 23.9 Å². The Morgan fingerprint density at radius 1 is 1.08 bits per heavy atom. The summed E-state index contributed by atoms with van der Waals surface area (Å²) >= 11 is 0. The molecule has 4 rings (SSSR count). The number of fused-ring (bicyclic) bond motifs is 2. The molecule has 2 saturated heterocycles. The molecule has 0 bridgehead atoms. The third-order valence-electron chi connectivity index (χ3n) is 5.87. The fourth-order valence-corrected chi connectivity index (χ4v) is 4.57. The zero-order valence-electron chi connectivity index (χ0n) is 15.5. The molecule has 6 nitrogen and oxygen atoms in total. The first-order valence-electron chi connectivity index (χ1n) is 9.59. The summed E-state index contributed by atoms with van der Waals surface area (Å²) in [7, 11) is 0. The van der Waals surface area contributed by atoms with Crippen molar-refractivity contribution < 1.29 is 9.59 Å². The van der Waals surface area contributed by atoms with Gasteiger partial charge < -0.3 is 14.2 Å². The summed E-state index contributed by atoms with van der Waals surface area (Å²) in [6.07, 6.45) is 8.84. The summed E-state index contributed by atoms with van der Waals surface area (Å²) in [5, 5.41) is 0. The quantitative estimate of drug-likeness (QED) is 0.791. The van der Waals surface area contributed by atoms with E-state index >= 15 is 0 Å². The van der Waals surface area contributed by atoms with E-state index in [0.717, 1.165) is 56.4 Å². The molecule has 2 atom stereocenters. The van der Waals surface area contributed by atoms with Crippen molar-refractivity contribution in [2.45, 2.75) is 58.0 Å². The van der Waals surface area contributed by atoms with Crippen molar-refractivity contribution in [3.8, 4) is 0 Å². The van der Waals surface area contributed by atoms with Crippen molar-refractivity contribution in [3.63, 3.8) is 0 Å². The van der Waals surface area contributed by atoms with Crippen LogP contribution in [0.25, 0.3) is 5.65 Å². The van der Waals surface area contributed by atoms with Crippen LogP contribution in [0, 0.1) is 6.92 Å². The number of pyridine rings is 1. The molecular weight excluding hydrogens is 328 g/mol. The lowest BCUT2D eigenvalue weighted by atomic mass is 9.97. The minimum Gasteiger partial charge on any atom is -0.338 e. The maximum atomic E-state index is 13.3. The molecular formula is C20H26N4O2. The lowest BCUT2D eigenvalue weighted by Gasteiger charge is -2.36. The van der Waals surface area contributed by atoms with Gasteiger partial charge in [-0.15, -0.1) is 0 Å². The van der Waals surface area contributed by atoms with Crippen LogP contribution in [0.1, 0.15) is 55.1 Å². The Morgan fingerprint density at radius 2 is 1.88 bits per heavy atom. The molecule has 2 aromatic rings. The first-order chi connectivity index (χ1) is 12.6. The van der Waals surface area contributed by atoms with E-state index < -0.39 is 0 Å². The van der Waals surface area contributed by atoms with Crippen molar-refractivity contribution >= 4 is 17.5 Å². The predicted octanol–water partition coefficient (Wildman–Crippen LogP) is 2.65. The van der Waals surface area contributed by atoms with Crippen LogP contribution >= 0.6 is 0 Å². The fourth-order valence-electron chi connectivity index (χ4n) is 4.57. The van der Waals surface area contributed by atoms with Crippen molar-refractivity contribution in [1.29, 1.82) is 0 Å². The lowest BCUT2D eigenvalue weighted by molar-refractivity contribution is -0.130. The molecule has 0 spiro atoms. The number of nitrogens with zero attached hydrogens (tertiary/aromatic N) is 4. The van der Waals surface area contributed by atoms with Gasteiger partial charge in [0.15, 0.2) is 0 Å². The van der Waals surface area contributed by atoms with Gasteiger partial charge in [-0.1, -0.05) is 18.9 Å². The molecule has 0 radical (unpaired) electrons. The highest BCUT2D eigenvalue weighted by molar-refractivity contribution is 5.93. The number of hydrogen-bond donors (Lipinski definition) is 0. The van der Waals surface area contributed by atoms with Crippen LogP contribution in [0.5, 0.6) is 0 Å². The van der Waals surface area contributed by atoms with E-state index in [1.54, 1.807) is 6.92 Å². The molecule has 0 unspecified atom stereocenters. The van der Waals surface area contributed by atoms with Crippen molar-refractivity contribution in [3.05, 3.63) is 35.8 Å². The van der Waals surface area contributed by atoms with Crippen molar-refractivity contribution in [1.82, 2.24) is 19.2 Å². The number of aromatic nitrogens is 2. The first-order valence-corrected chi connectivity index (χ1v) is 9.59. The third kappa shape index (κ3) is 2.87. The molecule has 26 heavy (non-hydrogen) atoms. The van der Waals surface area contributed by atoms with E-state index in [1.807, 2.05) is 45.7 Å². The molecule has 2 fully saturated rings. The van der Waals surface area contributed by atoms with Crippen LogP contribution in [0.3, 0.4) is 0 Å². The number of aryl methyl sites for hydroxylation is 1. The SMILES string of the molecule is CC(=O)N1CC[C@H]2[C@H]1CCCCCN2C(=O)c1cn2cccc(C)c2n1. The molecule has 2 aliphatic heterocycles. The van der Waals surface area contributed by atoms with E-state index in [9.17, 15) is 9.59 Å². The highest BCUT2D eigenvalue weighted by Gasteiger charge is 2.41. The average molecular weight is 354 g/mol. The minimum atomic E-state index is -0.00426. The highest BCUT2D eigenvalue weighted by atomic mass is 16.2. The Hall–Kier alpha value is -2.37. The largest absolute Gasteiger partial charge is 0.338 e. The van der Waals surface area contributed by atoms with E-state index in [2.05, 4.69) is 4.98 Å². The van der Waals surface area contributed by atoms with E-state index in [4.69, 9.17) is 0 Å². The normalized spacial score (nSPS) is 23.6. The maximum Gasteiger partial charge on any atom is 0.274 e. The van der Waals surface area contributed by atoms with Crippen LogP contribution in [-0.4, -0.2) is 56.2 Å². The van der Waals surface area contributed by atoms with E-state index in [0.29, 0.717) is 5.69 Å². The van der Waals surface area contributed by atoms with Gasteiger partial charge in [-0.25, -0.2) is 4.98 Å². The zero-order chi connectivity index (χ0) is 18.3. The molecule has 2 aromatic heterocycles. The van der Waals surface area contributed by atoms with Gasteiger partial charge in [0.25, 0.3) is 5.91 Å². The second-order valence-corrected chi connectivity index (χ2v) is 7.53. The minimum absolute atomic E-state index is 0.00426. The fraction of sp³-hybridized carbons (Fsp3) is 0.550. The summed E-state index contributed by atoms with van der Waals surface area (Å²) in [5.74, 6) is 0.115. The van der Waals surface area contributed by atoms with Gasteiger partial charge in [-0.3, -0.25) is 9.59 Å². The molecule has 138 valence electrons. The Balaban J connectivity index is 1.66. The summed E-state index contributed by atoms with van der Waals surface area (Å²) in [5.41, 5.74) is 2.39. The molecule has 0 aliphatic carbocycles. The monoisotopic (exact) mass is 354 g/mol. The highest BCUT2D eigenvalue weighted by Crippen LogP contribution is 2.30.